The van der Waals surface area contributed by atoms with Crippen molar-refractivity contribution in [2.24, 2.45) is 0 Å². The number of imidazole rings is 1. The van der Waals surface area contributed by atoms with Gasteiger partial charge in [0, 0.05) is 24.5 Å². The van der Waals surface area contributed by atoms with E-state index in [9.17, 15) is 4.79 Å². The number of carbonyl (C=O) groups is 1. The fourth-order valence-corrected chi connectivity index (χ4v) is 4.39. The molecule has 1 unspecified atom stereocenters. The summed E-state index contributed by atoms with van der Waals surface area (Å²) in [7, 11) is 0. The third kappa shape index (κ3) is 5.28. The molecule has 150 valence electrons. The van der Waals surface area contributed by atoms with Crippen molar-refractivity contribution in [2.45, 2.75) is 37.1 Å². The number of hydrogen-bond acceptors (Lipinski definition) is 4. The molecule has 0 aliphatic carbocycles. The highest BCUT2D eigenvalue weighted by Crippen LogP contribution is 2.28. The van der Waals surface area contributed by atoms with Gasteiger partial charge in [-0.25, -0.2) is 4.98 Å². The van der Waals surface area contributed by atoms with Crippen LogP contribution in [0.15, 0.2) is 72.0 Å². The maximum atomic E-state index is 12.2. The standard InChI is InChI=1S/C23H25N3O2S/c27-22(25-19-10-5-2-6-11-19)13-15-29-23-24-16-21(18-8-3-1-4-9-18)26(23)17-20-12-7-14-28-20/h1-6,8-11,16,20H,7,12-15,17H2,(H,25,27). The summed E-state index contributed by atoms with van der Waals surface area (Å²) in [6.07, 6.45) is 4.79. The summed E-state index contributed by atoms with van der Waals surface area (Å²) >= 11 is 1.62. The Labute approximate surface area is 175 Å². The molecule has 2 aromatic carbocycles. The molecular weight excluding hydrogens is 382 g/mol. The van der Waals surface area contributed by atoms with E-state index in [1.165, 1.54) is 0 Å². The van der Waals surface area contributed by atoms with E-state index in [1.54, 1.807) is 11.8 Å². The molecule has 4 rings (SSSR count). The monoisotopic (exact) mass is 407 g/mol. The number of ether oxygens (including phenoxy) is 1. The third-order valence-electron chi connectivity index (χ3n) is 4.92. The number of thioether (sulfide) groups is 1. The minimum Gasteiger partial charge on any atom is -0.376 e. The van der Waals surface area contributed by atoms with Crippen LogP contribution in [0.4, 0.5) is 5.69 Å². The minimum atomic E-state index is 0.0178. The first-order chi connectivity index (χ1) is 14.3. The van der Waals surface area contributed by atoms with Gasteiger partial charge in [-0.3, -0.25) is 4.79 Å². The van der Waals surface area contributed by atoms with Crippen molar-refractivity contribution < 1.29 is 9.53 Å². The van der Waals surface area contributed by atoms with Crippen molar-refractivity contribution in [2.75, 3.05) is 17.7 Å². The average Bonchev–Trinajstić information content (AvgIpc) is 3.40. The highest BCUT2D eigenvalue weighted by Gasteiger charge is 2.20. The van der Waals surface area contributed by atoms with Crippen LogP contribution >= 0.6 is 11.8 Å². The first-order valence-corrected chi connectivity index (χ1v) is 11.0. The van der Waals surface area contributed by atoms with Gasteiger partial charge in [0.15, 0.2) is 5.16 Å². The number of para-hydroxylation sites is 1. The lowest BCUT2D eigenvalue weighted by Crippen LogP contribution is -2.17. The van der Waals surface area contributed by atoms with Crippen molar-refractivity contribution >= 4 is 23.4 Å². The Morgan fingerprint density at radius 1 is 1.14 bits per heavy atom. The number of anilines is 1. The average molecular weight is 408 g/mol. The number of carbonyl (C=O) groups excluding carboxylic acids is 1. The van der Waals surface area contributed by atoms with E-state index in [-0.39, 0.29) is 12.0 Å². The summed E-state index contributed by atoms with van der Waals surface area (Å²) in [5.41, 5.74) is 3.07. The van der Waals surface area contributed by atoms with E-state index in [0.29, 0.717) is 12.2 Å². The van der Waals surface area contributed by atoms with Crippen LogP contribution in [0.3, 0.4) is 0 Å². The molecule has 1 saturated heterocycles. The molecule has 0 saturated carbocycles. The quantitative estimate of drug-likeness (QED) is 0.542. The molecule has 1 amide bonds. The van der Waals surface area contributed by atoms with Crippen LogP contribution in [-0.4, -0.2) is 33.9 Å². The Hall–Kier alpha value is -2.57. The van der Waals surface area contributed by atoms with E-state index in [4.69, 9.17) is 4.74 Å². The zero-order chi connectivity index (χ0) is 19.9. The van der Waals surface area contributed by atoms with Gasteiger partial charge in [-0.2, -0.15) is 0 Å². The zero-order valence-electron chi connectivity index (χ0n) is 16.3. The first kappa shape index (κ1) is 19.7. The smallest absolute Gasteiger partial charge is 0.225 e. The summed E-state index contributed by atoms with van der Waals surface area (Å²) in [4.78, 5) is 16.9. The van der Waals surface area contributed by atoms with E-state index >= 15 is 0 Å². The predicted molar refractivity (Wildman–Crippen MR) is 117 cm³/mol. The Kier molecular flexibility index (Phi) is 6.64. The third-order valence-corrected chi connectivity index (χ3v) is 5.91. The van der Waals surface area contributed by atoms with Gasteiger partial charge in [0.05, 0.1) is 24.5 Å². The largest absolute Gasteiger partial charge is 0.376 e. The molecule has 5 nitrogen and oxygen atoms in total. The van der Waals surface area contributed by atoms with Gasteiger partial charge in [0.25, 0.3) is 0 Å². The van der Waals surface area contributed by atoms with Crippen LogP contribution in [0.2, 0.25) is 0 Å². The number of benzene rings is 2. The summed E-state index contributed by atoms with van der Waals surface area (Å²) < 4.78 is 8.10. The van der Waals surface area contributed by atoms with Crippen LogP contribution in [0.5, 0.6) is 0 Å². The molecule has 2 heterocycles. The van der Waals surface area contributed by atoms with E-state index in [2.05, 4.69) is 27.0 Å². The highest BCUT2D eigenvalue weighted by atomic mass is 32.2. The number of aromatic nitrogens is 2. The van der Waals surface area contributed by atoms with Gasteiger partial charge >= 0.3 is 0 Å². The molecule has 1 fully saturated rings. The van der Waals surface area contributed by atoms with E-state index in [1.807, 2.05) is 54.7 Å². The number of nitrogens with one attached hydrogen (secondary N) is 1. The zero-order valence-corrected chi connectivity index (χ0v) is 17.1. The number of amides is 1. The van der Waals surface area contributed by atoms with Crippen molar-refractivity contribution in [3.05, 3.63) is 66.9 Å². The molecular formula is C23H25N3O2S. The molecule has 29 heavy (non-hydrogen) atoms. The van der Waals surface area contributed by atoms with Gasteiger partial charge in [-0.1, -0.05) is 60.3 Å². The first-order valence-electron chi connectivity index (χ1n) is 10.00. The van der Waals surface area contributed by atoms with Gasteiger partial charge in [-0.15, -0.1) is 0 Å². The molecule has 3 aromatic rings. The molecule has 1 N–H and O–H groups in total. The second-order valence-electron chi connectivity index (χ2n) is 7.05. The maximum absolute atomic E-state index is 12.2. The summed E-state index contributed by atoms with van der Waals surface area (Å²) in [5, 5.41) is 3.87. The number of hydrogen-bond donors (Lipinski definition) is 1. The normalized spacial score (nSPS) is 16.1. The van der Waals surface area contributed by atoms with Gasteiger partial charge in [0.2, 0.25) is 5.91 Å². The molecule has 0 bridgehead atoms. The Morgan fingerprint density at radius 2 is 1.90 bits per heavy atom. The van der Waals surface area contributed by atoms with Crippen molar-refractivity contribution in [3.63, 3.8) is 0 Å². The lowest BCUT2D eigenvalue weighted by Gasteiger charge is -2.16. The number of rotatable bonds is 8. The topological polar surface area (TPSA) is 56.2 Å². The minimum absolute atomic E-state index is 0.0178. The highest BCUT2D eigenvalue weighted by molar-refractivity contribution is 7.99. The van der Waals surface area contributed by atoms with Gasteiger partial charge in [-0.05, 0) is 30.5 Å². The number of nitrogens with zero attached hydrogens (tertiary/aromatic N) is 2. The van der Waals surface area contributed by atoms with Crippen LogP contribution < -0.4 is 5.32 Å². The van der Waals surface area contributed by atoms with Crippen LogP contribution in [0.25, 0.3) is 11.3 Å². The van der Waals surface area contributed by atoms with Crippen LogP contribution in [-0.2, 0) is 16.1 Å². The molecule has 1 aromatic heterocycles. The molecule has 1 aliphatic heterocycles. The fourth-order valence-electron chi connectivity index (χ4n) is 3.46. The Bertz CT molecular complexity index is 922. The second kappa shape index (κ2) is 9.76. The fraction of sp³-hybridized carbons (Fsp3) is 0.304. The predicted octanol–water partition coefficient (Wildman–Crippen LogP) is 4.85. The van der Waals surface area contributed by atoms with Crippen LogP contribution in [0, 0.1) is 0 Å². The Morgan fingerprint density at radius 3 is 2.62 bits per heavy atom. The SMILES string of the molecule is O=C(CCSc1ncc(-c2ccccc2)n1CC1CCCO1)Nc1ccccc1. The molecule has 0 spiro atoms. The maximum Gasteiger partial charge on any atom is 0.225 e. The van der Waals surface area contributed by atoms with Crippen molar-refractivity contribution in [1.29, 1.82) is 0 Å². The lowest BCUT2D eigenvalue weighted by atomic mass is 10.1. The molecule has 1 aliphatic rings. The molecule has 0 radical (unpaired) electrons. The molecule has 1 atom stereocenters. The summed E-state index contributed by atoms with van der Waals surface area (Å²) in [6.45, 7) is 1.63. The molecule has 6 heteroatoms. The summed E-state index contributed by atoms with van der Waals surface area (Å²) in [5.74, 6) is 0.694. The van der Waals surface area contributed by atoms with E-state index < -0.39 is 0 Å². The van der Waals surface area contributed by atoms with Gasteiger partial charge in [0.1, 0.15) is 0 Å². The van der Waals surface area contributed by atoms with E-state index in [0.717, 1.165) is 48.1 Å². The van der Waals surface area contributed by atoms with Crippen molar-refractivity contribution in [1.82, 2.24) is 9.55 Å². The van der Waals surface area contributed by atoms with Crippen molar-refractivity contribution in [3.8, 4) is 11.3 Å². The second-order valence-corrected chi connectivity index (χ2v) is 8.11. The summed E-state index contributed by atoms with van der Waals surface area (Å²) in [6, 6.07) is 19.9. The van der Waals surface area contributed by atoms with Crippen LogP contribution in [0.1, 0.15) is 19.3 Å². The van der Waals surface area contributed by atoms with Gasteiger partial charge < -0.3 is 14.6 Å². The Balaban J connectivity index is 1.42. The lowest BCUT2D eigenvalue weighted by molar-refractivity contribution is -0.115.